The van der Waals surface area contributed by atoms with Crippen molar-refractivity contribution in [3.63, 3.8) is 0 Å². The van der Waals surface area contributed by atoms with Crippen molar-refractivity contribution in [2.75, 3.05) is 13.1 Å². The summed E-state index contributed by atoms with van der Waals surface area (Å²) >= 11 is 11.8. The molecule has 1 aromatic rings. The summed E-state index contributed by atoms with van der Waals surface area (Å²) in [6.07, 6.45) is 0. The first-order chi connectivity index (χ1) is 7.69. The molecule has 1 atom stereocenters. The molecule has 0 radical (unpaired) electrons. The van der Waals surface area contributed by atoms with Crippen LogP contribution in [0.15, 0.2) is 18.2 Å². The van der Waals surface area contributed by atoms with Crippen molar-refractivity contribution in [1.82, 2.24) is 5.32 Å². The van der Waals surface area contributed by atoms with Crippen LogP contribution >= 0.6 is 23.2 Å². The molecule has 1 aromatic carbocycles. The molecule has 86 valence electrons. The van der Waals surface area contributed by atoms with E-state index in [0.717, 1.165) is 5.56 Å². The van der Waals surface area contributed by atoms with Crippen LogP contribution in [0.1, 0.15) is 18.5 Å². The van der Waals surface area contributed by atoms with Gasteiger partial charge in [-0.25, -0.2) is 0 Å². The lowest BCUT2D eigenvalue weighted by atomic mass is 10.1. The van der Waals surface area contributed by atoms with Crippen LogP contribution in [0.3, 0.4) is 0 Å². The number of halogens is 2. The van der Waals surface area contributed by atoms with E-state index < -0.39 is 0 Å². The lowest BCUT2D eigenvalue weighted by molar-refractivity contribution is 0.582. The molecule has 16 heavy (non-hydrogen) atoms. The minimum absolute atomic E-state index is 0.0515. The molecule has 1 unspecified atom stereocenters. The molecule has 0 saturated heterocycles. The Morgan fingerprint density at radius 3 is 2.69 bits per heavy atom. The van der Waals surface area contributed by atoms with E-state index >= 15 is 0 Å². The second kappa shape index (κ2) is 6.78. The van der Waals surface area contributed by atoms with Crippen LogP contribution in [0.25, 0.3) is 0 Å². The van der Waals surface area contributed by atoms with Gasteiger partial charge in [-0.2, -0.15) is 0 Å². The smallest absolute Gasteiger partial charge is 0.0595 e. The topological polar surface area (TPSA) is 38.0 Å². The van der Waals surface area contributed by atoms with Gasteiger partial charge in [0, 0.05) is 12.6 Å². The van der Waals surface area contributed by atoms with Gasteiger partial charge in [0.25, 0.3) is 0 Å². The van der Waals surface area contributed by atoms with Crippen LogP contribution in [0.5, 0.6) is 0 Å². The van der Waals surface area contributed by atoms with Gasteiger partial charge >= 0.3 is 0 Å². The Kier molecular flexibility index (Phi) is 5.65. The van der Waals surface area contributed by atoms with E-state index in [1.165, 1.54) is 0 Å². The van der Waals surface area contributed by atoms with Gasteiger partial charge in [-0.3, -0.25) is 5.32 Å². The number of nitrogens with two attached hydrogens (primary N) is 1. The van der Waals surface area contributed by atoms with Crippen LogP contribution in [0.2, 0.25) is 10.0 Å². The van der Waals surface area contributed by atoms with Gasteiger partial charge < -0.3 is 5.73 Å². The summed E-state index contributed by atoms with van der Waals surface area (Å²) in [5.74, 6) is 5.75. The Labute approximate surface area is 106 Å². The lowest BCUT2D eigenvalue weighted by Crippen LogP contribution is -2.28. The second-order valence-corrected chi connectivity index (χ2v) is 4.08. The van der Waals surface area contributed by atoms with Crippen molar-refractivity contribution >= 4 is 23.2 Å². The van der Waals surface area contributed by atoms with Gasteiger partial charge in [0.15, 0.2) is 0 Å². The number of hydrogen-bond donors (Lipinski definition) is 2. The Bertz CT molecular complexity index is 407. The zero-order valence-corrected chi connectivity index (χ0v) is 10.6. The number of hydrogen-bond acceptors (Lipinski definition) is 2. The molecule has 0 aliphatic carbocycles. The van der Waals surface area contributed by atoms with Crippen molar-refractivity contribution in [3.05, 3.63) is 33.8 Å². The summed E-state index contributed by atoms with van der Waals surface area (Å²) in [5.41, 5.74) is 6.71. The van der Waals surface area contributed by atoms with Gasteiger partial charge in [-0.1, -0.05) is 35.2 Å². The third-order valence-electron chi connectivity index (χ3n) is 2.20. The third kappa shape index (κ3) is 3.70. The van der Waals surface area contributed by atoms with Crippen molar-refractivity contribution in [3.8, 4) is 11.8 Å². The van der Waals surface area contributed by atoms with Gasteiger partial charge in [0.05, 0.1) is 16.6 Å². The molecule has 0 aromatic heterocycles. The third-order valence-corrected chi connectivity index (χ3v) is 2.93. The summed E-state index contributed by atoms with van der Waals surface area (Å²) < 4.78 is 0. The monoisotopic (exact) mass is 256 g/mol. The minimum Gasteiger partial charge on any atom is -0.329 e. The maximum Gasteiger partial charge on any atom is 0.0595 e. The fourth-order valence-corrected chi connectivity index (χ4v) is 1.64. The van der Waals surface area contributed by atoms with Crippen LogP contribution in [0.4, 0.5) is 0 Å². The Morgan fingerprint density at radius 2 is 2.12 bits per heavy atom. The van der Waals surface area contributed by atoms with Crippen molar-refractivity contribution < 1.29 is 0 Å². The highest BCUT2D eigenvalue weighted by molar-refractivity contribution is 6.42. The van der Waals surface area contributed by atoms with Gasteiger partial charge in [-0.05, 0) is 24.6 Å². The lowest BCUT2D eigenvalue weighted by Gasteiger charge is -2.16. The minimum atomic E-state index is 0.0515. The molecule has 0 fully saturated rings. The van der Waals surface area contributed by atoms with Gasteiger partial charge in [0.1, 0.15) is 0 Å². The molecule has 4 heteroatoms. The van der Waals surface area contributed by atoms with Crippen LogP contribution < -0.4 is 11.1 Å². The highest BCUT2D eigenvalue weighted by Crippen LogP contribution is 2.25. The number of benzene rings is 1. The molecule has 0 aliphatic rings. The van der Waals surface area contributed by atoms with Crippen molar-refractivity contribution in [2.24, 2.45) is 5.73 Å². The maximum absolute atomic E-state index is 5.95. The molecular weight excluding hydrogens is 243 g/mol. The average Bonchev–Trinajstić information content (AvgIpc) is 2.29. The quantitative estimate of drug-likeness (QED) is 0.814. The number of rotatable bonds is 4. The SMILES string of the molecule is CC#CCNC(CN)c1ccc(Cl)c(Cl)c1. The zero-order valence-electron chi connectivity index (χ0n) is 9.06. The largest absolute Gasteiger partial charge is 0.329 e. The fourth-order valence-electron chi connectivity index (χ4n) is 1.33. The van der Waals surface area contributed by atoms with E-state index in [1.807, 2.05) is 12.1 Å². The van der Waals surface area contributed by atoms with Crippen LogP contribution in [-0.4, -0.2) is 13.1 Å². The van der Waals surface area contributed by atoms with E-state index in [-0.39, 0.29) is 6.04 Å². The molecule has 0 amide bonds. The highest BCUT2D eigenvalue weighted by atomic mass is 35.5. The fraction of sp³-hybridized carbons (Fsp3) is 0.333. The summed E-state index contributed by atoms with van der Waals surface area (Å²) in [5, 5.41) is 4.33. The van der Waals surface area contributed by atoms with Gasteiger partial charge in [-0.15, -0.1) is 5.92 Å². The molecule has 3 N–H and O–H groups in total. The molecular formula is C12H14Cl2N2. The standard InChI is InChI=1S/C12H14Cl2N2/c1-2-3-6-16-12(8-15)9-4-5-10(13)11(14)7-9/h4-5,7,12,16H,6,8,15H2,1H3. The predicted octanol–water partition coefficient (Wildman–Crippen LogP) is 2.61. The normalized spacial score (nSPS) is 11.8. The average molecular weight is 257 g/mol. The summed E-state index contributed by atoms with van der Waals surface area (Å²) in [7, 11) is 0. The van der Waals surface area contributed by atoms with E-state index in [1.54, 1.807) is 13.0 Å². The number of nitrogens with one attached hydrogen (secondary N) is 1. The summed E-state index contributed by atoms with van der Waals surface area (Å²) in [4.78, 5) is 0. The second-order valence-electron chi connectivity index (χ2n) is 3.27. The molecule has 1 rings (SSSR count). The van der Waals surface area contributed by atoms with E-state index in [0.29, 0.717) is 23.1 Å². The van der Waals surface area contributed by atoms with Crippen LogP contribution in [-0.2, 0) is 0 Å². The molecule has 0 aliphatic heterocycles. The summed E-state index contributed by atoms with van der Waals surface area (Å²) in [6.45, 7) is 2.90. The zero-order chi connectivity index (χ0) is 12.0. The van der Waals surface area contributed by atoms with Crippen molar-refractivity contribution in [1.29, 1.82) is 0 Å². The first kappa shape index (κ1) is 13.3. The Balaban J connectivity index is 2.77. The highest BCUT2D eigenvalue weighted by Gasteiger charge is 2.09. The Hall–Kier alpha value is -0.720. The maximum atomic E-state index is 5.95. The molecule has 2 nitrogen and oxygen atoms in total. The summed E-state index contributed by atoms with van der Waals surface area (Å²) in [6, 6.07) is 5.57. The molecule has 0 heterocycles. The first-order valence-corrected chi connectivity index (χ1v) is 5.72. The Morgan fingerprint density at radius 1 is 1.38 bits per heavy atom. The molecule has 0 bridgehead atoms. The van der Waals surface area contributed by atoms with E-state index in [9.17, 15) is 0 Å². The van der Waals surface area contributed by atoms with Crippen molar-refractivity contribution in [2.45, 2.75) is 13.0 Å². The van der Waals surface area contributed by atoms with E-state index in [2.05, 4.69) is 17.2 Å². The first-order valence-electron chi connectivity index (χ1n) is 4.97. The predicted molar refractivity (Wildman–Crippen MR) is 69.7 cm³/mol. The molecule has 0 spiro atoms. The molecule has 0 saturated carbocycles. The van der Waals surface area contributed by atoms with Gasteiger partial charge in [0.2, 0.25) is 0 Å². The van der Waals surface area contributed by atoms with E-state index in [4.69, 9.17) is 28.9 Å². The van der Waals surface area contributed by atoms with Crippen LogP contribution in [0, 0.1) is 11.8 Å².